The van der Waals surface area contributed by atoms with Crippen molar-refractivity contribution >= 4 is 21.7 Å². The summed E-state index contributed by atoms with van der Waals surface area (Å²) >= 11 is 3.31. The maximum Gasteiger partial charge on any atom is 0.141 e. The molecule has 98 valence electrons. The summed E-state index contributed by atoms with van der Waals surface area (Å²) in [5.74, 6) is 0.0596. The summed E-state index contributed by atoms with van der Waals surface area (Å²) in [6.45, 7) is 8.54. The molecule has 0 N–H and O–H groups in total. The minimum absolute atomic E-state index is 0.0661. The Morgan fingerprint density at radius 1 is 1.28 bits per heavy atom. The van der Waals surface area contributed by atoms with Crippen molar-refractivity contribution in [2.24, 2.45) is 16.7 Å². The quantitative estimate of drug-likeness (QED) is 0.809. The van der Waals surface area contributed by atoms with Gasteiger partial charge in [-0.25, -0.2) is 4.39 Å². The molecule has 3 heteroatoms. The molecule has 0 amide bonds. The van der Waals surface area contributed by atoms with Gasteiger partial charge in [-0.2, -0.15) is 0 Å². The van der Waals surface area contributed by atoms with E-state index in [9.17, 15) is 9.18 Å². The molecule has 0 bridgehead atoms. The molecule has 1 aromatic rings. The molecule has 0 atom stereocenters. The summed E-state index contributed by atoms with van der Waals surface area (Å²) in [7, 11) is 0. The lowest BCUT2D eigenvalue weighted by molar-refractivity contribution is -0.120. The lowest BCUT2D eigenvalue weighted by Gasteiger charge is -2.05. The molecular formula is C15H18BrFO. The zero-order valence-corrected chi connectivity index (χ0v) is 12.8. The van der Waals surface area contributed by atoms with Gasteiger partial charge in [0.2, 0.25) is 0 Å². The minimum atomic E-state index is -0.287. The summed E-state index contributed by atoms with van der Waals surface area (Å²) < 4.78 is 13.7. The minimum Gasteiger partial charge on any atom is -0.299 e. The number of benzene rings is 1. The van der Waals surface area contributed by atoms with Gasteiger partial charge in [-0.15, -0.1) is 0 Å². The van der Waals surface area contributed by atoms with Crippen molar-refractivity contribution in [3.8, 4) is 0 Å². The van der Waals surface area contributed by atoms with E-state index in [2.05, 4.69) is 43.6 Å². The number of rotatable bonds is 3. The predicted octanol–water partition coefficient (Wildman–Crippen LogP) is 4.38. The summed E-state index contributed by atoms with van der Waals surface area (Å²) in [6, 6.07) is 4.49. The third-order valence-corrected chi connectivity index (χ3v) is 5.46. The lowest BCUT2D eigenvalue weighted by atomic mass is 10.0. The lowest BCUT2D eigenvalue weighted by Crippen LogP contribution is -2.10. The van der Waals surface area contributed by atoms with Crippen LogP contribution in [0.5, 0.6) is 0 Å². The number of halogens is 2. The van der Waals surface area contributed by atoms with Crippen molar-refractivity contribution in [2.45, 2.75) is 34.1 Å². The Labute approximate surface area is 116 Å². The second-order valence-corrected chi connectivity index (χ2v) is 7.11. The maximum absolute atomic E-state index is 13.0. The molecule has 1 aromatic carbocycles. The first-order chi connectivity index (χ1) is 8.18. The van der Waals surface area contributed by atoms with Gasteiger partial charge in [0, 0.05) is 16.8 Å². The van der Waals surface area contributed by atoms with Gasteiger partial charge in [-0.3, -0.25) is 4.79 Å². The topological polar surface area (TPSA) is 17.1 Å². The summed E-state index contributed by atoms with van der Waals surface area (Å²) in [5, 5.41) is 0. The number of carbonyl (C=O) groups excluding carboxylic acids is 1. The van der Waals surface area contributed by atoms with Crippen LogP contribution in [0.25, 0.3) is 0 Å². The molecule has 0 unspecified atom stereocenters. The fourth-order valence-corrected chi connectivity index (χ4v) is 3.45. The van der Waals surface area contributed by atoms with Gasteiger partial charge in [0.25, 0.3) is 0 Å². The molecule has 0 heterocycles. The van der Waals surface area contributed by atoms with Crippen molar-refractivity contribution in [3.63, 3.8) is 0 Å². The number of carbonyl (C=O) groups is 1. The van der Waals surface area contributed by atoms with Crippen LogP contribution in [0, 0.1) is 22.6 Å². The molecule has 0 radical (unpaired) electrons. The first kappa shape index (κ1) is 13.7. The SMILES string of the molecule is CC1(C)C(C(=O)Cc2ccc(F)cc2Br)C1(C)C. The van der Waals surface area contributed by atoms with Gasteiger partial charge in [0.05, 0.1) is 0 Å². The monoisotopic (exact) mass is 312 g/mol. The normalized spacial score (nSPS) is 20.8. The fraction of sp³-hybridized carbons (Fsp3) is 0.533. The highest BCUT2D eigenvalue weighted by Gasteiger charge is 2.67. The van der Waals surface area contributed by atoms with Crippen LogP contribution >= 0.6 is 15.9 Å². The summed E-state index contributed by atoms with van der Waals surface area (Å²) in [6.07, 6.45) is 0.373. The van der Waals surface area contributed by atoms with Gasteiger partial charge in [-0.1, -0.05) is 49.7 Å². The molecule has 0 saturated heterocycles. The second kappa shape index (κ2) is 4.16. The Kier molecular flexibility index (Phi) is 3.17. The van der Waals surface area contributed by atoms with Crippen molar-refractivity contribution in [1.82, 2.24) is 0 Å². The Hall–Kier alpha value is -0.700. The van der Waals surface area contributed by atoms with Crippen LogP contribution in [-0.2, 0) is 11.2 Å². The Bertz CT molecular complexity index is 491. The van der Waals surface area contributed by atoms with Crippen molar-refractivity contribution in [1.29, 1.82) is 0 Å². The molecule has 0 spiro atoms. The van der Waals surface area contributed by atoms with E-state index in [1.807, 2.05) is 0 Å². The number of hydrogen-bond donors (Lipinski definition) is 0. The molecule has 1 aliphatic rings. The van der Waals surface area contributed by atoms with E-state index in [0.717, 1.165) is 5.56 Å². The van der Waals surface area contributed by atoms with Crippen molar-refractivity contribution in [3.05, 3.63) is 34.1 Å². The fourth-order valence-electron chi connectivity index (χ4n) is 2.96. The second-order valence-electron chi connectivity index (χ2n) is 6.26. The number of Topliss-reactive ketones (excluding diaryl/α,β-unsaturated/α-hetero) is 1. The third-order valence-electron chi connectivity index (χ3n) is 4.72. The number of hydrogen-bond acceptors (Lipinski definition) is 1. The van der Waals surface area contributed by atoms with E-state index >= 15 is 0 Å². The number of ketones is 1. The highest BCUT2D eigenvalue weighted by molar-refractivity contribution is 9.10. The smallest absolute Gasteiger partial charge is 0.141 e. The predicted molar refractivity (Wildman–Crippen MR) is 73.9 cm³/mol. The standard InChI is InChI=1S/C15H18BrFO/c1-14(2)13(15(14,3)4)12(18)7-9-5-6-10(17)8-11(9)16/h5-6,8,13H,7H2,1-4H3. The highest BCUT2D eigenvalue weighted by Crippen LogP contribution is 2.68. The van der Waals surface area contributed by atoms with E-state index in [0.29, 0.717) is 10.9 Å². The molecule has 1 fully saturated rings. The molecule has 1 aliphatic carbocycles. The zero-order valence-electron chi connectivity index (χ0n) is 11.2. The Morgan fingerprint density at radius 3 is 2.28 bits per heavy atom. The maximum atomic E-state index is 13.0. The average Bonchev–Trinajstić information content (AvgIpc) is 2.62. The van der Waals surface area contributed by atoms with Gasteiger partial charge >= 0.3 is 0 Å². The molecule has 2 rings (SSSR count). The molecule has 0 aliphatic heterocycles. The van der Waals surface area contributed by atoms with Crippen molar-refractivity contribution in [2.75, 3.05) is 0 Å². The van der Waals surface area contributed by atoms with Gasteiger partial charge in [0.15, 0.2) is 0 Å². The first-order valence-corrected chi connectivity index (χ1v) is 6.94. The Morgan fingerprint density at radius 2 is 1.83 bits per heavy atom. The van der Waals surface area contributed by atoms with Crippen LogP contribution in [0.4, 0.5) is 4.39 Å². The van der Waals surface area contributed by atoms with Crippen LogP contribution in [0.15, 0.2) is 22.7 Å². The van der Waals surface area contributed by atoms with E-state index in [-0.39, 0.29) is 28.3 Å². The van der Waals surface area contributed by atoms with Crippen LogP contribution in [0.1, 0.15) is 33.3 Å². The molecule has 1 nitrogen and oxygen atoms in total. The average molecular weight is 313 g/mol. The van der Waals surface area contributed by atoms with Gasteiger partial charge in [-0.05, 0) is 28.5 Å². The molecular weight excluding hydrogens is 295 g/mol. The van der Waals surface area contributed by atoms with E-state index in [1.54, 1.807) is 6.07 Å². The molecule has 18 heavy (non-hydrogen) atoms. The largest absolute Gasteiger partial charge is 0.299 e. The van der Waals surface area contributed by atoms with Gasteiger partial charge < -0.3 is 0 Å². The van der Waals surface area contributed by atoms with Crippen LogP contribution < -0.4 is 0 Å². The van der Waals surface area contributed by atoms with E-state index in [4.69, 9.17) is 0 Å². The van der Waals surface area contributed by atoms with E-state index < -0.39 is 0 Å². The summed E-state index contributed by atoms with van der Waals surface area (Å²) in [4.78, 5) is 12.3. The van der Waals surface area contributed by atoms with Crippen LogP contribution in [0.2, 0.25) is 0 Å². The highest BCUT2D eigenvalue weighted by atomic mass is 79.9. The summed E-state index contributed by atoms with van der Waals surface area (Å²) in [5.41, 5.74) is 0.993. The van der Waals surface area contributed by atoms with Crippen LogP contribution in [0.3, 0.4) is 0 Å². The van der Waals surface area contributed by atoms with E-state index in [1.165, 1.54) is 12.1 Å². The third kappa shape index (κ3) is 2.03. The zero-order chi connectivity index (χ0) is 13.7. The Balaban J connectivity index is 2.14. The first-order valence-electron chi connectivity index (χ1n) is 6.14. The van der Waals surface area contributed by atoms with Crippen molar-refractivity contribution < 1.29 is 9.18 Å². The van der Waals surface area contributed by atoms with Crippen LogP contribution in [-0.4, -0.2) is 5.78 Å². The molecule has 1 saturated carbocycles. The molecule has 0 aromatic heterocycles. The van der Waals surface area contributed by atoms with Gasteiger partial charge in [0.1, 0.15) is 11.6 Å².